The quantitative estimate of drug-likeness (QED) is 0.534. The molecule has 4 rings (SSSR count). The Balaban J connectivity index is 1.58. The van der Waals surface area contributed by atoms with Gasteiger partial charge >= 0.3 is 12.3 Å². The first-order valence-corrected chi connectivity index (χ1v) is 10.7. The third-order valence-corrected chi connectivity index (χ3v) is 6.45. The van der Waals surface area contributed by atoms with E-state index in [1.165, 1.54) is 39.5 Å². The van der Waals surface area contributed by atoms with E-state index in [4.69, 9.17) is 5.73 Å². The molecule has 3 heterocycles. The Morgan fingerprint density at radius 3 is 2.61 bits per heavy atom. The van der Waals surface area contributed by atoms with Crippen molar-refractivity contribution in [2.75, 3.05) is 0 Å². The third-order valence-electron chi connectivity index (χ3n) is 5.02. The number of pyridine rings is 1. The van der Waals surface area contributed by atoms with Crippen LogP contribution >= 0.6 is 11.8 Å². The largest absolute Gasteiger partial charge is 0.435 e. The highest BCUT2D eigenvalue weighted by Gasteiger charge is 2.35. The van der Waals surface area contributed by atoms with Gasteiger partial charge in [-0.25, -0.2) is 9.48 Å². The van der Waals surface area contributed by atoms with Crippen LogP contribution < -0.4 is 16.2 Å². The van der Waals surface area contributed by atoms with Crippen molar-refractivity contribution >= 4 is 17.7 Å². The number of thioether (sulfide) groups is 1. The molecule has 2 N–H and O–H groups in total. The van der Waals surface area contributed by atoms with Gasteiger partial charge in [0.15, 0.2) is 5.50 Å². The van der Waals surface area contributed by atoms with Gasteiger partial charge in [0, 0.05) is 24.6 Å². The van der Waals surface area contributed by atoms with Gasteiger partial charge in [0.1, 0.15) is 12.1 Å². The molecule has 3 aromatic rings. The molecule has 0 aliphatic carbocycles. The van der Waals surface area contributed by atoms with Crippen LogP contribution in [0.1, 0.15) is 23.5 Å². The van der Waals surface area contributed by atoms with E-state index in [1.54, 1.807) is 31.5 Å². The molecule has 0 fully saturated rings. The maximum atomic E-state index is 13.1. The number of nitrogens with zero attached hydrogens (tertiary/aromatic N) is 5. The van der Waals surface area contributed by atoms with Gasteiger partial charge in [0.05, 0.1) is 11.4 Å². The summed E-state index contributed by atoms with van der Waals surface area (Å²) in [7, 11) is 0. The molecule has 0 bridgehead atoms. The molecule has 2 aromatic heterocycles. The highest BCUT2D eigenvalue weighted by Crippen LogP contribution is 2.44. The summed E-state index contributed by atoms with van der Waals surface area (Å²) in [6.07, 6.45) is 4.78. The van der Waals surface area contributed by atoms with Gasteiger partial charge in [0.25, 0.3) is 5.91 Å². The monoisotopic (exact) mass is 474 g/mol. The number of halogens is 2. The fraction of sp³-hybridized carbons (Fsp3) is 0.238. The van der Waals surface area contributed by atoms with Crippen molar-refractivity contribution in [1.82, 2.24) is 24.2 Å². The Morgan fingerprint density at radius 1 is 1.21 bits per heavy atom. The second kappa shape index (κ2) is 9.45. The topological polar surface area (TPSA) is 108 Å². The Bertz CT molecular complexity index is 1230. The maximum absolute atomic E-state index is 13.1. The lowest BCUT2D eigenvalue weighted by Crippen LogP contribution is -2.33. The first-order chi connectivity index (χ1) is 15.8. The summed E-state index contributed by atoms with van der Waals surface area (Å²) < 4.78 is 31.7. The number of amides is 1. The second-order valence-electron chi connectivity index (χ2n) is 7.21. The second-order valence-corrected chi connectivity index (χ2v) is 8.28. The molecule has 1 unspecified atom stereocenters. The summed E-state index contributed by atoms with van der Waals surface area (Å²) in [4.78, 5) is 31.4. The summed E-state index contributed by atoms with van der Waals surface area (Å²) in [5.41, 5.74) is 6.84. The summed E-state index contributed by atoms with van der Waals surface area (Å²) in [5, 5.41) is 4.19. The minimum Gasteiger partial charge on any atom is -0.435 e. The van der Waals surface area contributed by atoms with Crippen molar-refractivity contribution in [3.8, 4) is 5.75 Å². The zero-order valence-electron chi connectivity index (χ0n) is 17.5. The number of primary amides is 1. The van der Waals surface area contributed by atoms with E-state index < -0.39 is 23.7 Å². The minimum absolute atomic E-state index is 0.0283. The molecule has 33 heavy (non-hydrogen) atoms. The van der Waals surface area contributed by atoms with Crippen molar-refractivity contribution in [3.05, 3.63) is 87.3 Å². The Morgan fingerprint density at radius 2 is 1.97 bits per heavy atom. The average molecular weight is 474 g/mol. The Hall–Kier alpha value is -3.67. The third kappa shape index (κ3) is 4.90. The van der Waals surface area contributed by atoms with E-state index in [1.807, 2.05) is 17.0 Å². The van der Waals surface area contributed by atoms with Gasteiger partial charge in [-0.1, -0.05) is 30.0 Å². The van der Waals surface area contributed by atoms with Crippen molar-refractivity contribution in [1.29, 1.82) is 0 Å². The van der Waals surface area contributed by atoms with Crippen molar-refractivity contribution in [2.24, 2.45) is 5.73 Å². The van der Waals surface area contributed by atoms with Gasteiger partial charge < -0.3 is 15.4 Å². The molecule has 0 saturated carbocycles. The van der Waals surface area contributed by atoms with Gasteiger partial charge in [-0.15, -0.1) is 0 Å². The lowest BCUT2D eigenvalue weighted by Gasteiger charge is -2.27. The summed E-state index contributed by atoms with van der Waals surface area (Å²) in [5.74, 6) is -0.539. The van der Waals surface area contributed by atoms with Crippen molar-refractivity contribution in [2.45, 2.75) is 32.1 Å². The molecule has 0 spiro atoms. The minimum atomic E-state index is -2.91. The van der Waals surface area contributed by atoms with E-state index in [0.717, 1.165) is 5.56 Å². The molecule has 1 aromatic carbocycles. The lowest BCUT2D eigenvalue weighted by atomic mass is 10.2. The van der Waals surface area contributed by atoms with Gasteiger partial charge in [-0.3, -0.25) is 14.3 Å². The van der Waals surface area contributed by atoms with Crippen LogP contribution in [-0.2, 0) is 17.9 Å². The van der Waals surface area contributed by atoms with Crippen molar-refractivity contribution < 1.29 is 18.3 Å². The number of hydrogen-bond acceptors (Lipinski definition) is 7. The summed E-state index contributed by atoms with van der Waals surface area (Å²) >= 11 is 1.18. The van der Waals surface area contributed by atoms with Gasteiger partial charge in [-0.05, 0) is 36.2 Å². The molecule has 0 radical (unpaired) electrons. The van der Waals surface area contributed by atoms with E-state index in [9.17, 15) is 18.4 Å². The SMILES string of the molecule is CC1=C(C(N)=O)SC(n2cnn(Cc3ccc(OC(F)F)cc3)c2=O)N1Cc1cccnc1. The van der Waals surface area contributed by atoms with E-state index >= 15 is 0 Å². The van der Waals surface area contributed by atoms with E-state index in [0.29, 0.717) is 22.7 Å². The molecule has 0 saturated heterocycles. The number of ether oxygens (including phenoxy) is 1. The number of aromatic nitrogens is 4. The summed E-state index contributed by atoms with van der Waals surface area (Å²) in [6, 6.07) is 9.68. The Labute approximate surface area is 191 Å². The number of hydrogen-bond donors (Lipinski definition) is 1. The smallest absolute Gasteiger partial charge is 0.387 e. The molecule has 12 heteroatoms. The molecular formula is C21H20F2N6O3S. The number of nitrogens with two attached hydrogens (primary N) is 1. The zero-order valence-corrected chi connectivity index (χ0v) is 18.3. The molecular weight excluding hydrogens is 454 g/mol. The molecule has 1 amide bonds. The highest BCUT2D eigenvalue weighted by molar-refractivity contribution is 8.04. The number of carbonyl (C=O) groups excluding carboxylic acids is 1. The predicted octanol–water partition coefficient (Wildman–Crippen LogP) is 2.51. The molecule has 1 atom stereocenters. The van der Waals surface area contributed by atoms with E-state index in [2.05, 4.69) is 14.8 Å². The van der Waals surface area contributed by atoms with Crippen molar-refractivity contribution in [3.63, 3.8) is 0 Å². The number of allylic oxidation sites excluding steroid dienone is 1. The normalized spacial score (nSPS) is 16.0. The number of benzene rings is 1. The lowest BCUT2D eigenvalue weighted by molar-refractivity contribution is -0.114. The molecule has 1 aliphatic heterocycles. The van der Waals surface area contributed by atoms with Crippen LogP contribution in [0.25, 0.3) is 0 Å². The highest BCUT2D eigenvalue weighted by atomic mass is 32.2. The molecule has 1 aliphatic rings. The molecule has 172 valence electrons. The fourth-order valence-corrected chi connectivity index (χ4v) is 4.67. The molecule has 9 nitrogen and oxygen atoms in total. The summed E-state index contributed by atoms with van der Waals surface area (Å²) in [6.45, 7) is -0.579. The zero-order chi connectivity index (χ0) is 23.5. The fourth-order valence-electron chi connectivity index (χ4n) is 3.44. The van der Waals surface area contributed by atoms with Crippen LogP contribution in [-0.4, -0.2) is 36.8 Å². The van der Waals surface area contributed by atoms with Crippen LogP contribution in [0.4, 0.5) is 8.78 Å². The number of alkyl halides is 2. The van der Waals surface area contributed by atoms with E-state index in [-0.39, 0.29) is 12.3 Å². The Kier molecular flexibility index (Phi) is 6.45. The predicted molar refractivity (Wildman–Crippen MR) is 117 cm³/mol. The average Bonchev–Trinajstić information content (AvgIpc) is 3.30. The first-order valence-electron chi connectivity index (χ1n) is 9.84. The van der Waals surface area contributed by atoms with Crippen LogP contribution in [0, 0.1) is 0 Å². The van der Waals surface area contributed by atoms with Gasteiger partial charge in [-0.2, -0.15) is 13.9 Å². The maximum Gasteiger partial charge on any atom is 0.387 e. The van der Waals surface area contributed by atoms with Crippen LogP contribution in [0.3, 0.4) is 0 Å². The van der Waals surface area contributed by atoms with Crippen LogP contribution in [0.15, 0.2) is 70.5 Å². The number of carbonyl (C=O) groups is 1. The van der Waals surface area contributed by atoms with Crippen LogP contribution in [0.5, 0.6) is 5.75 Å². The number of rotatable bonds is 8. The van der Waals surface area contributed by atoms with Crippen LogP contribution in [0.2, 0.25) is 0 Å². The standard InChI is InChI=1S/C21H20F2N6O3S/c1-13-17(18(24)30)33-21(27(13)10-15-3-2-8-25-9-15)28-12-26-29(20(28)31)11-14-4-6-16(7-5-14)32-19(22)23/h2-9,12,19,21H,10-11H2,1H3,(H2,24,30). The first kappa shape index (κ1) is 22.5. The van der Waals surface area contributed by atoms with Gasteiger partial charge in [0.2, 0.25) is 0 Å².